The van der Waals surface area contributed by atoms with Gasteiger partial charge in [0.05, 0.1) is 13.2 Å². The van der Waals surface area contributed by atoms with E-state index in [9.17, 15) is 0 Å². The monoisotopic (exact) mass is 284 g/mol. The molecule has 114 valence electrons. The Bertz CT molecular complexity index is 107. The molecule has 0 unspecified atom stereocenters. The fourth-order valence-electron chi connectivity index (χ4n) is 1.91. The second-order valence-corrected chi connectivity index (χ2v) is 4.98. The first-order valence-electron chi connectivity index (χ1n) is 8.05. The van der Waals surface area contributed by atoms with Crippen molar-refractivity contribution in [3.05, 3.63) is 0 Å². The van der Waals surface area contributed by atoms with Crippen LogP contribution in [0, 0.1) is 0 Å². The Morgan fingerprint density at radius 1 is 0.474 bits per heavy atom. The van der Waals surface area contributed by atoms with Gasteiger partial charge in [0.2, 0.25) is 0 Å². The number of aliphatic hydroxyl groups excluding tert-OH is 2. The zero-order valence-electron chi connectivity index (χ0n) is 12.8. The van der Waals surface area contributed by atoms with Gasteiger partial charge in [0.1, 0.15) is 0 Å². The van der Waals surface area contributed by atoms with E-state index in [4.69, 9.17) is 10.2 Å². The van der Waals surface area contributed by atoms with Gasteiger partial charge in [-0.25, -0.2) is 0 Å². The Morgan fingerprint density at radius 2 is 0.684 bits per heavy atom. The van der Waals surface area contributed by atoms with Crippen LogP contribution >= 0.6 is 0 Å². The maximum absolute atomic E-state index is 7.62. The summed E-state index contributed by atoms with van der Waals surface area (Å²) in [5.74, 6) is 0. The molecule has 0 saturated heterocycles. The molecule has 0 aliphatic rings. The van der Waals surface area contributed by atoms with Crippen LogP contribution in [0.15, 0.2) is 0 Å². The average Bonchev–Trinajstić information content (AvgIpc) is 2.41. The second-order valence-electron chi connectivity index (χ2n) is 4.98. The molecule has 0 radical (unpaired) electrons. The first-order valence-corrected chi connectivity index (χ1v) is 8.05. The third kappa shape index (κ3) is 32.4. The molecule has 19 heavy (non-hydrogen) atoms. The average molecular weight is 284 g/mol. The third-order valence-corrected chi connectivity index (χ3v) is 3.06. The Labute approximate surface area is 143 Å². The van der Waals surface area contributed by atoms with Crippen molar-refractivity contribution in [1.82, 2.24) is 0 Å². The van der Waals surface area contributed by atoms with E-state index >= 15 is 0 Å². The number of unbranched alkanes of at least 4 members (excludes halogenated alkanes) is 11. The molecule has 0 atom stereocenters. The molecule has 0 aromatic heterocycles. The van der Waals surface area contributed by atoms with Gasteiger partial charge in [-0.2, -0.15) is 0 Å². The van der Waals surface area contributed by atoms with Crippen molar-refractivity contribution in [1.29, 1.82) is 0 Å². The molecular weight excluding hydrogens is 247 g/mol. The molecule has 0 rings (SSSR count). The first kappa shape index (κ1) is 24.9. The van der Waals surface area contributed by atoms with Crippen LogP contribution in [-0.4, -0.2) is 53.0 Å². The molecule has 0 spiro atoms. The van der Waals surface area contributed by atoms with Crippen LogP contribution in [0.4, 0.5) is 0 Å². The van der Waals surface area contributed by atoms with E-state index in [-0.39, 0.29) is 42.8 Å². The topological polar surface area (TPSA) is 40.5 Å². The van der Waals surface area contributed by atoms with Gasteiger partial charge in [-0.05, 0) is 0 Å². The van der Waals surface area contributed by atoms with E-state index < -0.39 is 0 Å². The molecule has 0 fully saturated rings. The van der Waals surface area contributed by atoms with Gasteiger partial charge in [-0.1, -0.05) is 90.9 Å². The normalized spacial score (nSPS) is 9.47. The SMILES string of the molecule is CCCCCCCCCCCCCC.OCCO.[NaH]. The van der Waals surface area contributed by atoms with Crippen LogP contribution in [0.5, 0.6) is 0 Å². The van der Waals surface area contributed by atoms with Crippen molar-refractivity contribution in [2.24, 2.45) is 0 Å². The zero-order chi connectivity index (χ0) is 13.9. The van der Waals surface area contributed by atoms with E-state index in [1.165, 1.54) is 77.0 Å². The predicted molar refractivity (Wildman–Crippen MR) is 88.1 cm³/mol. The standard InChI is InChI=1S/C14H30.C2H6O2.Na.H/c1-3-5-7-9-11-13-14-12-10-8-6-4-2;3-1-2-4;;/h3-14H2,1-2H3;3-4H,1-2H2;;. The molecule has 0 heterocycles. The molecule has 0 aliphatic heterocycles. The van der Waals surface area contributed by atoms with Crippen LogP contribution in [0.3, 0.4) is 0 Å². The zero-order valence-corrected chi connectivity index (χ0v) is 12.8. The van der Waals surface area contributed by atoms with Crippen molar-refractivity contribution in [2.75, 3.05) is 13.2 Å². The molecule has 0 aromatic rings. The minimum atomic E-state index is -0.125. The van der Waals surface area contributed by atoms with Crippen molar-refractivity contribution in [2.45, 2.75) is 90.9 Å². The maximum atomic E-state index is 7.62. The van der Waals surface area contributed by atoms with E-state index in [1.54, 1.807) is 0 Å². The fraction of sp³-hybridized carbons (Fsp3) is 1.00. The molecular formula is C16H37NaO2. The summed E-state index contributed by atoms with van der Waals surface area (Å²) in [4.78, 5) is 0. The molecule has 0 bridgehead atoms. The van der Waals surface area contributed by atoms with E-state index in [1.807, 2.05) is 0 Å². The van der Waals surface area contributed by atoms with Crippen LogP contribution in [-0.2, 0) is 0 Å². The third-order valence-electron chi connectivity index (χ3n) is 3.06. The van der Waals surface area contributed by atoms with Crippen molar-refractivity contribution in [3.63, 3.8) is 0 Å². The molecule has 3 heteroatoms. The van der Waals surface area contributed by atoms with Gasteiger partial charge in [-0.15, -0.1) is 0 Å². The summed E-state index contributed by atoms with van der Waals surface area (Å²) in [6.07, 6.45) is 17.4. The number of hydrogen-bond donors (Lipinski definition) is 2. The van der Waals surface area contributed by atoms with Gasteiger partial charge in [-0.3, -0.25) is 0 Å². The summed E-state index contributed by atoms with van der Waals surface area (Å²) in [6.45, 7) is 4.32. The van der Waals surface area contributed by atoms with E-state index in [2.05, 4.69) is 13.8 Å². The van der Waals surface area contributed by atoms with Crippen LogP contribution in [0.1, 0.15) is 90.9 Å². The molecule has 0 aromatic carbocycles. The number of rotatable bonds is 12. The van der Waals surface area contributed by atoms with Crippen LogP contribution < -0.4 is 0 Å². The molecule has 0 amide bonds. The molecule has 2 N–H and O–H groups in total. The summed E-state index contributed by atoms with van der Waals surface area (Å²) in [5.41, 5.74) is 0. The Kier molecular flexibility index (Phi) is 35.8. The van der Waals surface area contributed by atoms with Gasteiger partial charge in [0.25, 0.3) is 0 Å². The number of aliphatic hydroxyl groups is 2. The van der Waals surface area contributed by atoms with Crippen molar-refractivity contribution in [3.8, 4) is 0 Å². The molecule has 0 aliphatic carbocycles. The van der Waals surface area contributed by atoms with Gasteiger partial charge >= 0.3 is 29.6 Å². The van der Waals surface area contributed by atoms with Gasteiger partial charge in [0.15, 0.2) is 0 Å². The van der Waals surface area contributed by atoms with E-state index in [0.717, 1.165) is 0 Å². The summed E-state index contributed by atoms with van der Waals surface area (Å²) >= 11 is 0. The summed E-state index contributed by atoms with van der Waals surface area (Å²) < 4.78 is 0. The fourth-order valence-corrected chi connectivity index (χ4v) is 1.91. The predicted octanol–water partition coefficient (Wildman–Crippen LogP) is 4.03. The van der Waals surface area contributed by atoms with Crippen molar-refractivity contribution >= 4 is 29.6 Å². The molecule has 0 saturated carbocycles. The summed E-state index contributed by atoms with van der Waals surface area (Å²) in [5, 5.41) is 15.2. The minimum absolute atomic E-state index is 0. The van der Waals surface area contributed by atoms with E-state index in [0.29, 0.717) is 0 Å². The number of hydrogen-bond acceptors (Lipinski definition) is 2. The van der Waals surface area contributed by atoms with Gasteiger partial charge < -0.3 is 10.2 Å². The summed E-state index contributed by atoms with van der Waals surface area (Å²) in [7, 11) is 0. The quantitative estimate of drug-likeness (QED) is 0.419. The summed E-state index contributed by atoms with van der Waals surface area (Å²) in [6, 6.07) is 0. The molecule has 2 nitrogen and oxygen atoms in total. The van der Waals surface area contributed by atoms with Crippen LogP contribution in [0.2, 0.25) is 0 Å². The first-order chi connectivity index (χ1) is 8.83. The second kappa shape index (κ2) is 27.3. The Morgan fingerprint density at radius 3 is 0.842 bits per heavy atom. The Hall–Kier alpha value is 0.920. The van der Waals surface area contributed by atoms with Gasteiger partial charge in [0, 0.05) is 0 Å². The van der Waals surface area contributed by atoms with Crippen molar-refractivity contribution < 1.29 is 10.2 Å². The Balaban J connectivity index is -0.000000448. The van der Waals surface area contributed by atoms with Crippen LogP contribution in [0.25, 0.3) is 0 Å².